The second kappa shape index (κ2) is 20.9. The number of allylic oxidation sites excluding steroid dienone is 2. The smallest absolute Gasteiger partial charge is 0.342 e. The Balaban J connectivity index is 1.96. The Morgan fingerprint density at radius 1 is 0.825 bits per heavy atom. The van der Waals surface area contributed by atoms with E-state index in [1.807, 2.05) is 30.3 Å². The minimum absolute atomic E-state index is 0.00340. The van der Waals surface area contributed by atoms with E-state index < -0.39 is 28.7 Å². The van der Waals surface area contributed by atoms with Gasteiger partial charge < -0.3 is 32.5 Å². The van der Waals surface area contributed by atoms with Gasteiger partial charge in [-0.3, -0.25) is 0 Å². The summed E-state index contributed by atoms with van der Waals surface area (Å²) in [5.74, 6) is 1.74. The number of hydrogen-bond acceptors (Lipinski definition) is 8. The lowest BCUT2D eigenvalue weighted by molar-refractivity contribution is -0.0225. The van der Waals surface area contributed by atoms with Crippen LogP contribution in [0.4, 0.5) is 0 Å². The summed E-state index contributed by atoms with van der Waals surface area (Å²) >= 11 is 0. The molecule has 57 heavy (non-hydrogen) atoms. The minimum Gasteiger partial charge on any atom is -0.497 e. The maximum atomic E-state index is 14.6. The summed E-state index contributed by atoms with van der Waals surface area (Å²) in [6.07, 6.45) is 10.8. The molecule has 1 aliphatic rings. The van der Waals surface area contributed by atoms with Crippen LogP contribution in [0.2, 0.25) is 36.3 Å². The molecular formula is C47H76O8Si2. The molecule has 0 spiro atoms. The number of esters is 1. The van der Waals surface area contributed by atoms with Crippen LogP contribution in [0, 0.1) is 17.8 Å². The number of hydrogen-bond donors (Lipinski definition) is 0. The van der Waals surface area contributed by atoms with Crippen LogP contribution in [0.25, 0.3) is 0 Å². The molecule has 10 heteroatoms. The molecule has 1 heterocycles. The molecule has 0 saturated carbocycles. The molecule has 0 aliphatic carbocycles. The van der Waals surface area contributed by atoms with Crippen molar-refractivity contribution in [2.24, 2.45) is 17.8 Å². The van der Waals surface area contributed by atoms with Gasteiger partial charge in [0.15, 0.2) is 16.6 Å². The maximum absolute atomic E-state index is 14.6. The lowest BCUT2D eigenvalue weighted by Crippen LogP contribution is -2.49. The van der Waals surface area contributed by atoms with Crippen LogP contribution in [0.1, 0.15) is 103 Å². The third kappa shape index (κ3) is 13.6. The van der Waals surface area contributed by atoms with Crippen LogP contribution in [0.3, 0.4) is 0 Å². The number of fused-ring (bicyclic) bond motifs is 1. The Labute approximate surface area is 348 Å². The fraction of sp³-hybridized carbons (Fsp3) is 0.638. The van der Waals surface area contributed by atoms with E-state index in [0.717, 1.165) is 29.7 Å². The Bertz CT molecular complexity index is 1620. The Hall–Kier alpha value is -2.90. The van der Waals surface area contributed by atoms with E-state index in [2.05, 4.69) is 113 Å². The Kier molecular flexibility index (Phi) is 17.8. The second-order valence-corrected chi connectivity index (χ2v) is 28.6. The van der Waals surface area contributed by atoms with Crippen molar-refractivity contribution in [2.45, 2.75) is 149 Å². The average molecular weight is 825 g/mol. The molecule has 2 aromatic rings. The van der Waals surface area contributed by atoms with Crippen molar-refractivity contribution in [3.63, 3.8) is 0 Å². The topological polar surface area (TPSA) is 81.7 Å². The zero-order valence-electron chi connectivity index (χ0n) is 38.2. The highest BCUT2D eigenvalue weighted by atomic mass is 28.4. The molecule has 0 aromatic heterocycles. The molecule has 0 radical (unpaired) electrons. The van der Waals surface area contributed by atoms with E-state index in [0.29, 0.717) is 43.1 Å². The van der Waals surface area contributed by atoms with Crippen molar-refractivity contribution in [1.29, 1.82) is 0 Å². The van der Waals surface area contributed by atoms with Crippen LogP contribution >= 0.6 is 0 Å². The van der Waals surface area contributed by atoms with Crippen LogP contribution in [-0.2, 0) is 31.4 Å². The van der Waals surface area contributed by atoms with Crippen molar-refractivity contribution < 1.29 is 37.3 Å². The van der Waals surface area contributed by atoms with Crippen molar-refractivity contribution in [1.82, 2.24) is 0 Å². The third-order valence-electron chi connectivity index (χ3n) is 12.6. The van der Waals surface area contributed by atoms with E-state index in [9.17, 15) is 4.79 Å². The third-order valence-corrected chi connectivity index (χ3v) is 21.6. The molecule has 6 atom stereocenters. The summed E-state index contributed by atoms with van der Waals surface area (Å²) in [6.45, 7) is 30.5. The van der Waals surface area contributed by atoms with Crippen LogP contribution in [-0.4, -0.2) is 68.9 Å². The summed E-state index contributed by atoms with van der Waals surface area (Å²) in [5.41, 5.74) is 2.34. The standard InChI is InChI=1S/C47H76O8Si2/c1-33-21-17-18-23-40(53-45(48)43-37(29-39(50-11)31-42(43)51-12)30-41(33)54-56(13,14)46(4,5)6)35(3)44(55-57(15,16)47(7,8)9)34(2)22-19-20-28-52-32-36-24-26-38(49-10)27-25-36/h17-20,24-27,29,31,33-35,40-41,44H,21-23,28,30,32H2,1-16H3/b18-17-,20-19-/t33-,34+,35+,40-,41+,44+/m0/s1. The van der Waals surface area contributed by atoms with E-state index in [1.165, 1.54) is 0 Å². The number of cyclic esters (lactones) is 1. The van der Waals surface area contributed by atoms with Gasteiger partial charge in [-0.1, -0.05) is 98.8 Å². The largest absolute Gasteiger partial charge is 0.497 e. The molecule has 0 saturated heterocycles. The highest BCUT2D eigenvalue weighted by Gasteiger charge is 2.44. The van der Waals surface area contributed by atoms with Crippen molar-refractivity contribution >= 4 is 22.6 Å². The predicted octanol–water partition coefficient (Wildman–Crippen LogP) is 12.0. The van der Waals surface area contributed by atoms with Gasteiger partial charge in [0.25, 0.3) is 0 Å². The maximum Gasteiger partial charge on any atom is 0.342 e. The van der Waals surface area contributed by atoms with E-state index >= 15 is 0 Å². The molecule has 3 rings (SSSR count). The summed E-state index contributed by atoms with van der Waals surface area (Å²) in [7, 11) is 0.518. The zero-order chi connectivity index (χ0) is 42.8. The first-order valence-corrected chi connectivity index (χ1v) is 26.7. The van der Waals surface area contributed by atoms with Crippen molar-refractivity contribution in [3.05, 3.63) is 77.4 Å². The number of methoxy groups -OCH3 is 3. The monoisotopic (exact) mass is 825 g/mol. The van der Waals surface area contributed by atoms with Crippen LogP contribution in [0.5, 0.6) is 17.2 Å². The van der Waals surface area contributed by atoms with Gasteiger partial charge in [-0.15, -0.1) is 0 Å². The molecule has 0 fully saturated rings. The fourth-order valence-electron chi connectivity index (χ4n) is 6.66. The molecule has 320 valence electrons. The van der Waals surface area contributed by atoms with Gasteiger partial charge in [-0.25, -0.2) is 4.79 Å². The molecule has 8 nitrogen and oxygen atoms in total. The predicted molar refractivity (Wildman–Crippen MR) is 239 cm³/mol. The quantitative estimate of drug-likeness (QED) is 0.0716. The minimum atomic E-state index is -2.23. The number of carbonyl (C=O) groups is 1. The molecule has 0 amide bonds. The van der Waals surface area contributed by atoms with E-state index in [1.54, 1.807) is 27.4 Å². The number of ether oxygens (including phenoxy) is 5. The Morgan fingerprint density at radius 3 is 2.02 bits per heavy atom. The summed E-state index contributed by atoms with van der Waals surface area (Å²) < 4.78 is 43.9. The SMILES string of the molecule is COc1ccc(COC/C=C\C[C@@H](C)[C@@H](O[Si](C)(C)C(C)(C)C)[C@H](C)[C@@H]2C/C=C\C[C@H](C)[C@H](O[Si](C)(C)C(C)(C)C)Cc3cc(OC)cc(OC)c3C(=O)O2)cc1. The van der Waals surface area contributed by atoms with Crippen LogP contribution in [0.15, 0.2) is 60.7 Å². The second-order valence-electron chi connectivity index (χ2n) is 19.1. The molecule has 0 N–H and O–H groups in total. The summed E-state index contributed by atoms with van der Waals surface area (Å²) in [4.78, 5) is 14.6. The van der Waals surface area contributed by atoms with Gasteiger partial charge >= 0.3 is 5.97 Å². The van der Waals surface area contributed by atoms with Gasteiger partial charge in [-0.05, 0) is 96.7 Å². The highest BCUT2D eigenvalue weighted by molar-refractivity contribution is 6.74. The molecular weight excluding hydrogens is 749 g/mol. The molecule has 1 aliphatic heterocycles. The van der Waals surface area contributed by atoms with Gasteiger partial charge in [0.05, 0.1) is 46.8 Å². The first-order valence-electron chi connectivity index (χ1n) is 20.9. The molecule has 0 unspecified atom stereocenters. The molecule has 0 bridgehead atoms. The lowest BCUT2D eigenvalue weighted by Gasteiger charge is -2.44. The van der Waals surface area contributed by atoms with Crippen molar-refractivity contribution in [3.8, 4) is 17.2 Å². The van der Waals surface area contributed by atoms with Gasteiger partial charge in [0.2, 0.25) is 0 Å². The first kappa shape index (κ1) is 48.5. The van der Waals surface area contributed by atoms with E-state index in [4.69, 9.17) is 32.5 Å². The molecule has 2 aromatic carbocycles. The first-order chi connectivity index (χ1) is 26.5. The fourth-order valence-corrected chi connectivity index (χ4v) is 9.56. The van der Waals surface area contributed by atoms with Gasteiger partial charge in [0.1, 0.15) is 28.9 Å². The van der Waals surface area contributed by atoms with E-state index in [-0.39, 0.29) is 40.0 Å². The van der Waals surface area contributed by atoms with Gasteiger partial charge in [0, 0.05) is 18.4 Å². The normalized spacial score (nSPS) is 21.1. The number of rotatable bonds is 16. The van der Waals surface area contributed by atoms with Gasteiger partial charge in [-0.2, -0.15) is 0 Å². The lowest BCUT2D eigenvalue weighted by atomic mass is 9.85. The Morgan fingerprint density at radius 2 is 1.44 bits per heavy atom. The number of carbonyl (C=O) groups excluding carboxylic acids is 1. The summed E-state index contributed by atoms with van der Waals surface area (Å²) in [5, 5.41) is 0.0362. The highest BCUT2D eigenvalue weighted by Crippen LogP contribution is 2.42. The zero-order valence-corrected chi connectivity index (χ0v) is 40.2. The average Bonchev–Trinajstić information content (AvgIpc) is 3.13. The van der Waals surface area contributed by atoms with Crippen LogP contribution < -0.4 is 14.2 Å². The van der Waals surface area contributed by atoms with Crippen molar-refractivity contribution in [2.75, 3.05) is 27.9 Å². The summed E-state index contributed by atoms with van der Waals surface area (Å²) in [6, 6.07) is 11.7. The number of benzene rings is 2.